The Balaban J connectivity index is 5.54. The molecule has 0 fully saturated rings. The highest BCUT2D eigenvalue weighted by Crippen LogP contribution is 2.45. The standard InChI is InChI=1S/C9H12F4O2/c1-4-8(2,3)9(12,13)5(6(10)11)7(14)15/h4H2,1-3H3,(H,14,15). The van der Waals surface area contributed by atoms with Gasteiger partial charge in [-0.05, 0) is 6.42 Å². The van der Waals surface area contributed by atoms with Crippen LogP contribution in [0, 0.1) is 5.41 Å². The topological polar surface area (TPSA) is 37.3 Å². The summed E-state index contributed by atoms with van der Waals surface area (Å²) in [5.41, 5.74) is -3.95. The van der Waals surface area contributed by atoms with Crippen LogP contribution in [-0.2, 0) is 4.79 Å². The predicted molar refractivity (Wildman–Crippen MR) is 45.9 cm³/mol. The highest BCUT2D eigenvalue weighted by Gasteiger charge is 2.53. The molecular formula is C9H12F4O2. The van der Waals surface area contributed by atoms with Crippen LogP contribution >= 0.6 is 0 Å². The number of hydrogen-bond acceptors (Lipinski definition) is 1. The minimum absolute atomic E-state index is 0.121. The van der Waals surface area contributed by atoms with Gasteiger partial charge in [0.25, 0.3) is 12.0 Å². The number of hydrogen-bond donors (Lipinski definition) is 1. The summed E-state index contributed by atoms with van der Waals surface area (Å²) in [4.78, 5) is 10.3. The molecule has 0 heterocycles. The molecule has 0 saturated heterocycles. The van der Waals surface area contributed by atoms with E-state index in [4.69, 9.17) is 5.11 Å². The molecule has 0 aliphatic rings. The Hall–Kier alpha value is -1.07. The van der Waals surface area contributed by atoms with Crippen molar-refractivity contribution < 1.29 is 27.5 Å². The van der Waals surface area contributed by atoms with Gasteiger partial charge in [0.05, 0.1) is 0 Å². The fraction of sp³-hybridized carbons (Fsp3) is 0.667. The second-order valence-corrected chi connectivity index (χ2v) is 3.75. The summed E-state index contributed by atoms with van der Waals surface area (Å²) in [7, 11) is 0. The van der Waals surface area contributed by atoms with Crippen molar-refractivity contribution in [3.63, 3.8) is 0 Å². The van der Waals surface area contributed by atoms with Crippen molar-refractivity contribution >= 4 is 5.97 Å². The lowest BCUT2D eigenvalue weighted by Crippen LogP contribution is -2.40. The first-order valence-electron chi connectivity index (χ1n) is 4.24. The summed E-state index contributed by atoms with van der Waals surface area (Å²) in [6, 6.07) is 0. The molecule has 15 heavy (non-hydrogen) atoms. The molecule has 0 aliphatic carbocycles. The first-order chi connectivity index (χ1) is 6.58. The van der Waals surface area contributed by atoms with Gasteiger partial charge < -0.3 is 5.11 Å². The van der Waals surface area contributed by atoms with E-state index in [0.29, 0.717) is 0 Å². The van der Waals surface area contributed by atoms with Crippen LogP contribution in [0.5, 0.6) is 0 Å². The van der Waals surface area contributed by atoms with E-state index in [1.807, 2.05) is 0 Å². The second kappa shape index (κ2) is 4.20. The van der Waals surface area contributed by atoms with Crippen molar-refractivity contribution in [3.8, 4) is 0 Å². The number of carboxylic acid groups (broad SMARTS) is 1. The van der Waals surface area contributed by atoms with Crippen molar-refractivity contribution in [1.29, 1.82) is 0 Å². The third-order valence-electron chi connectivity index (χ3n) is 2.45. The van der Waals surface area contributed by atoms with Crippen LogP contribution < -0.4 is 0 Å². The maximum atomic E-state index is 13.4. The van der Waals surface area contributed by atoms with Gasteiger partial charge in [-0.3, -0.25) is 0 Å². The van der Waals surface area contributed by atoms with Gasteiger partial charge in [-0.2, -0.15) is 8.78 Å². The van der Waals surface area contributed by atoms with E-state index in [2.05, 4.69) is 0 Å². The third-order valence-corrected chi connectivity index (χ3v) is 2.45. The average Bonchev–Trinajstić information content (AvgIpc) is 2.01. The van der Waals surface area contributed by atoms with Crippen molar-refractivity contribution in [3.05, 3.63) is 11.7 Å². The predicted octanol–water partition coefficient (Wildman–Crippen LogP) is 3.29. The van der Waals surface area contributed by atoms with Crippen molar-refractivity contribution in [2.45, 2.75) is 33.1 Å². The van der Waals surface area contributed by atoms with Crippen LogP contribution in [0.4, 0.5) is 17.6 Å². The largest absolute Gasteiger partial charge is 0.478 e. The molecule has 0 radical (unpaired) electrons. The van der Waals surface area contributed by atoms with Crippen LogP contribution in [0.3, 0.4) is 0 Å². The van der Waals surface area contributed by atoms with E-state index in [0.717, 1.165) is 13.8 Å². The van der Waals surface area contributed by atoms with Gasteiger partial charge in [0.15, 0.2) is 5.57 Å². The van der Waals surface area contributed by atoms with E-state index in [1.165, 1.54) is 6.92 Å². The molecule has 0 amide bonds. The molecule has 0 aliphatic heterocycles. The van der Waals surface area contributed by atoms with Gasteiger partial charge in [0, 0.05) is 5.41 Å². The summed E-state index contributed by atoms with van der Waals surface area (Å²) in [6.07, 6.45) is -2.97. The molecule has 0 aromatic rings. The molecule has 88 valence electrons. The number of aliphatic carboxylic acids is 1. The number of carboxylic acids is 1. The van der Waals surface area contributed by atoms with Crippen LogP contribution in [0.2, 0.25) is 0 Å². The van der Waals surface area contributed by atoms with Gasteiger partial charge in [0.1, 0.15) is 0 Å². The molecule has 0 aromatic carbocycles. The van der Waals surface area contributed by atoms with Gasteiger partial charge in [-0.25, -0.2) is 13.6 Å². The van der Waals surface area contributed by atoms with Crippen molar-refractivity contribution in [2.75, 3.05) is 0 Å². The Morgan fingerprint density at radius 3 is 1.87 bits per heavy atom. The zero-order valence-electron chi connectivity index (χ0n) is 8.57. The van der Waals surface area contributed by atoms with Gasteiger partial charge in [0.2, 0.25) is 0 Å². The first kappa shape index (κ1) is 13.9. The van der Waals surface area contributed by atoms with Gasteiger partial charge >= 0.3 is 5.97 Å². The Labute approximate surface area is 84.6 Å². The van der Waals surface area contributed by atoms with E-state index in [1.54, 1.807) is 0 Å². The number of alkyl halides is 2. The molecule has 0 aromatic heterocycles. The zero-order chi connectivity index (χ0) is 12.4. The Morgan fingerprint density at radius 1 is 1.27 bits per heavy atom. The minimum atomic E-state index is -4.06. The zero-order valence-corrected chi connectivity index (χ0v) is 8.57. The summed E-state index contributed by atoms with van der Waals surface area (Å²) in [5, 5.41) is 8.32. The Bertz CT molecular complexity index is 290. The molecule has 0 spiro atoms. The molecule has 0 unspecified atom stereocenters. The highest BCUT2D eigenvalue weighted by atomic mass is 19.3. The molecule has 0 saturated carbocycles. The number of rotatable bonds is 4. The lowest BCUT2D eigenvalue weighted by atomic mass is 9.79. The van der Waals surface area contributed by atoms with E-state index in [-0.39, 0.29) is 6.42 Å². The molecule has 0 rings (SSSR count). The van der Waals surface area contributed by atoms with Crippen LogP contribution in [-0.4, -0.2) is 17.0 Å². The molecule has 0 bridgehead atoms. The Kier molecular flexibility index (Phi) is 3.90. The van der Waals surface area contributed by atoms with Gasteiger partial charge in [-0.1, -0.05) is 20.8 Å². The van der Waals surface area contributed by atoms with E-state index < -0.39 is 29.0 Å². The Morgan fingerprint density at radius 2 is 1.67 bits per heavy atom. The van der Waals surface area contributed by atoms with Crippen LogP contribution in [0.1, 0.15) is 27.2 Å². The van der Waals surface area contributed by atoms with Crippen molar-refractivity contribution in [2.24, 2.45) is 5.41 Å². The molecule has 6 heteroatoms. The SMILES string of the molecule is CCC(C)(C)C(F)(F)C(C(=O)O)=C(F)F. The first-order valence-corrected chi connectivity index (χ1v) is 4.24. The summed E-state index contributed by atoms with van der Waals surface area (Å²) in [5.74, 6) is -6.35. The highest BCUT2D eigenvalue weighted by molar-refractivity contribution is 5.89. The normalized spacial score (nSPS) is 12.5. The molecule has 1 N–H and O–H groups in total. The molecular weight excluding hydrogens is 216 g/mol. The quantitative estimate of drug-likeness (QED) is 0.592. The fourth-order valence-electron chi connectivity index (χ4n) is 0.894. The maximum absolute atomic E-state index is 13.4. The number of carbonyl (C=O) groups is 1. The maximum Gasteiger partial charge on any atom is 0.343 e. The summed E-state index contributed by atoms with van der Waals surface area (Å²) in [6.45, 7) is 3.46. The minimum Gasteiger partial charge on any atom is -0.478 e. The van der Waals surface area contributed by atoms with Crippen LogP contribution in [0.15, 0.2) is 11.7 Å². The fourth-order valence-corrected chi connectivity index (χ4v) is 0.894. The van der Waals surface area contributed by atoms with Crippen molar-refractivity contribution in [1.82, 2.24) is 0 Å². The molecule has 2 nitrogen and oxygen atoms in total. The lowest BCUT2D eigenvalue weighted by Gasteiger charge is -2.32. The van der Waals surface area contributed by atoms with Gasteiger partial charge in [-0.15, -0.1) is 0 Å². The smallest absolute Gasteiger partial charge is 0.343 e. The lowest BCUT2D eigenvalue weighted by molar-refractivity contribution is -0.142. The monoisotopic (exact) mass is 228 g/mol. The van der Waals surface area contributed by atoms with E-state index >= 15 is 0 Å². The summed E-state index contributed by atoms with van der Waals surface area (Å²) < 4.78 is 51.2. The second-order valence-electron chi connectivity index (χ2n) is 3.75. The van der Waals surface area contributed by atoms with Crippen LogP contribution in [0.25, 0.3) is 0 Å². The summed E-state index contributed by atoms with van der Waals surface area (Å²) >= 11 is 0. The average molecular weight is 228 g/mol. The van der Waals surface area contributed by atoms with E-state index in [9.17, 15) is 22.4 Å². The number of halogens is 4. The molecule has 0 atom stereocenters. The third kappa shape index (κ3) is 2.49.